The number of rotatable bonds is 5. The molecule has 2 heterocycles. The summed E-state index contributed by atoms with van der Waals surface area (Å²) in [7, 11) is 0. The molecule has 0 aliphatic heterocycles. The first kappa shape index (κ1) is 18.8. The zero-order chi connectivity index (χ0) is 15.5. The van der Waals surface area contributed by atoms with Crippen molar-refractivity contribution in [2.24, 2.45) is 5.73 Å². The zero-order valence-corrected chi connectivity index (χ0v) is 13.5. The first-order chi connectivity index (χ1) is 9.90. The van der Waals surface area contributed by atoms with Gasteiger partial charge in [0.25, 0.3) is 5.91 Å². The van der Waals surface area contributed by atoms with Crippen LogP contribution < -0.4 is 11.1 Å². The van der Waals surface area contributed by atoms with E-state index in [9.17, 15) is 18.0 Å². The Morgan fingerprint density at radius 1 is 1.23 bits per heavy atom. The van der Waals surface area contributed by atoms with E-state index in [0.717, 1.165) is 21.7 Å². The molecule has 22 heavy (non-hydrogen) atoms. The van der Waals surface area contributed by atoms with Crippen molar-refractivity contribution in [2.45, 2.75) is 19.1 Å². The average Bonchev–Trinajstić information content (AvgIpc) is 3.04. The molecule has 122 valence electrons. The van der Waals surface area contributed by atoms with Crippen molar-refractivity contribution in [3.8, 4) is 0 Å². The highest BCUT2D eigenvalue weighted by Gasteiger charge is 2.33. The topological polar surface area (TPSA) is 80.9 Å². The largest absolute Gasteiger partial charge is 0.434 e. The van der Waals surface area contributed by atoms with E-state index in [0.29, 0.717) is 13.0 Å². The molecule has 1 amide bonds. The molecule has 0 fully saturated rings. The number of alkyl halides is 3. The van der Waals surface area contributed by atoms with Crippen LogP contribution in [0.2, 0.25) is 0 Å². The van der Waals surface area contributed by atoms with Crippen LogP contribution in [0.15, 0.2) is 10.8 Å². The van der Waals surface area contributed by atoms with Crippen LogP contribution >= 0.6 is 35.1 Å². The highest BCUT2D eigenvalue weighted by atomic mass is 35.5. The van der Waals surface area contributed by atoms with Crippen molar-refractivity contribution >= 4 is 41.0 Å². The van der Waals surface area contributed by atoms with Crippen molar-refractivity contribution < 1.29 is 18.0 Å². The van der Waals surface area contributed by atoms with Gasteiger partial charge in [0, 0.05) is 17.2 Å². The van der Waals surface area contributed by atoms with Gasteiger partial charge in [-0.1, -0.05) is 0 Å². The van der Waals surface area contributed by atoms with E-state index < -0.39 is 17.8 Å². The van der Waals surface area contributed by atoms with Crippen LogP contribution in [-0.4, -0.2) is 22.4 Å². The fraction of sp³-hybridized carbons (Fsp3) is 0.364. The molecule has 0 aromatic carbocycles. The second kappa shape index (κ2) is 7.86. The van der Waals surface area contributed by atoms with Crippen LogP contribution in [0.25, 0.3) is 0 Å². The number of thiazole rings is 2. The summed E-state index contributed by atoms with van der Waals surface area (Å²) in [5.41, 5.74) is 4.67. The molecular formula is C11H12ClF3N4OS2. The van der Waals surface area contributed by atoms with Crippen molar-refractivity contribution in [2.75, 3.05) is 6.54 Å². The molecule has 2 rings (SSSR count). The second-order valence-corrected chi connectivity index (χ2v) is 5.86. The monoisotopic (exact) mass is 372 g/mol. The number of amides is 1. The molecule has 5 nitrogen and oxygen atoms in total. The van der Waals surface area contributed by atoms with Crippen LogP contribution in [0.4, 0.5) is 13.2 Å². The van der Waals surface area contributed by atoms with Crippen LogP contribution in [0.3, 0.4) is 0 Å². The highest BCUT2D eigenvalue weighted by Crippen LogP contribution is 2.29. The molecule has 0 saturated heterocycles. The lowest BCUT2D eigenvalue weighted by atomic mass is 10.4. The summed E-state index contributed by atoms with van der Waals surface area (Å²) in [6.45, 7) is 0.372. The summed E-state index contributed by atoms with van der Waals surface area (Å²) in [5, 5.41) is 5.93. The first-order valence-electron chi connectivity index (χ1n) is 5.84. The first-order valence-corrected chi connectivity index (χ1v) is 7.60. The van der Waals surface area contributed by atoms with Gasteiger partial charge in [0.1, 0.15) is 10.7 Å². The molecule has 0 spiro atoms. The maximum Gasteiger partial charge on any atom is 0.434 e. The minimum atomic E-state index is -4.47. The molecule has 0 saturated carbocycles. The fourth-order valence-corrected chi connectivity index (χ4v) is 2.96. The number of nitrogens with two attached hydrogens (primary N) is 1. The molecule has 0 aliphatic carbocycles. The molecule has 2 aromatic heterocycles. The standard InChI is InChI=1S/C11H11F3N4OS2.ClH/c12-11(13,14)7-5-21-9(18-7)3-16-10(19)6-4-20-8(17-6)1-2-15;/h4-5H,1-3,15H2,(H,16,19);1H. The highest BCUT2D eigenvalue weighted by molar-refractivity contribution is 7.10. The SMILES string of the molecule is Cl.NCCc1nc(C(=O)NCc2nc(C(F)(F)F)cs2)cs1. The normalized spacial score (nSPS) is 11.1. The Kier molecular flexibility index (Phi) is 6.72. The summed E-state index contributed by atoms with van der Waals surface area (Å²) in [4.78, 5) is 19.3. The van der Waals surface area contributed by atoms with Gasteiger partial charge in [-0.05, 0) is 6.54 Å². The van der Waals surface area contributed by atoms with E-state index in [1.54, 1.807) is 5.38 Å². The number of carbonyl (C=O) groups is 1. The number of nitrogens with one attached hydrogen (secondary N) is 1. The number of nitrogens with zero attached hydrogens (tertiary/aromatic N) is 2. The average molecular weight is 373 g/mol. The van der Waals surface area contributed by atoms with E-state index >= 15 is 0 Å². The zero-order valence-electron chi connectivity index (χ0n) is 11.0. The molecule has 0 atom stereocenters. The van der Waals surface area contributed by atoms with Gasteiger partial charge in [0.15, 0.2) is 5.69 Å². The van der Waals surface area contributed by atoms with E-state index in [4.69, 9.17) is 5.73 Å². The van der Waals surface area contributed by atoms with Gasteiger partial charge in [-0.25, -0.2) is 9.97 Å². The van der Waals surface area contributed by atoms with Crippen molar-refractivity contribution in [1.29, 1.82) is 0 Å². The van der Waals surface area contributed by atoms with Gasteiger partial charge in [-0.2, -0.15) is 13.2 Å². The third-order valence-corrected chi connectivity index (χ3v) is 4.14. The quantitative estimate of drug-likeness (QED) is 0.844. The van der Waals surface area contributed by atoms with Gasteiger partial charge < -0.3 is 11.1 Å². The summed E-state index contributed by atoms with van der Waals surface area (Å²) in [6, 6.07) is 0. The summed E-state index contributed by atoms with van der Waals surface area (Å²) < 4.78 is 37.1. The molecule has 0 radical (unpaired) electrons. The number of hydrogen-bond acceptors (Lipinski definition) is 6. The Balaban J connectivity index is 0.00000242. The lowest BCUT2D eigenvalue weighted by molar-refractivity contribution is -0.140. The van der Waals surface area contributed by atoms with Crippen molar-refractivity contribution in [3.63, 3.8) is 0 Å². The van der Waals surface area contributed by atoms with Crippen LogP contribution in [0, 0.1) is 0 Å². The Labute approximate surface area is 138 Å². The Morgan fingerprint density at radius 2 is 1.91 bits per heavy atom. The number of carbonyl (C=O) groups excluding carboxylic acids is 1. The molecule has 0 bridgehead atoms. The van der Waals surface area contributed by atoms with E-state index in [1.165, 1.54) is 11.3 Å². The van der Waals surface area contributed by atoms with Gasteiger partial charge in [0.05, 0.1) is 11.6 Å². The van der Waals surface area contributed by atoms with E-state index in [2.05, 4.69) is 15.3 Å². The van der Waals surface area contributed by atoms with E-state index in [1.807, 2.05) is 0 Å². The molecule has 11 heteroatoms. The van der Waals surface area contributed by atoms with Gasteiger partial charge >= 0.3 is 6.18 Å². The molecule has 0 unspecified atom stereocenters. The van der Waals surface area contributed by atoms with Gasteiger partial charge in [-0.3, -0.25) is 4.79 Å². The lowest BCUT2D eigenvalue weighted by Crippen LogP contribution is -2.23. The Hall–Kier alpha value is -1.23. The number of hydrogen-bond donors (Lipinski definition) is 2. The second-order valence-electron chi connectivity index (χ2n) is 3.97. The predicted octanol–water partition coefficient (Wildman–Crippen LogP) is 2.47. The van der Waals surface area contributed by atoms with E-state index in [-0.39, 0.29) is 29.7 Å². The molecule has 2 aromatic rings. The van der Waals surface area contributed by atoms with Crippen LogP contribution in [-0.2, 0) is 19.1 Å². The van der Waals surface area contributed by atoms with Gasteiger partial charge in [-0.15, -0.1) is 35.1 Å². The summed E-state index contributed by atoms with van der Waals surface area (Å²) in [6.07, 6.45) is -3.88. The van der Waals surface area contributed by atoms with Crippen molar-refractivity contribution in [1.82, 2.24) is 15.3 Å². The van der Waals surface area contributed by atoms with Crippen LogP contribution in [0.5, 0.6) is 0 Å². The predicted molar refractivity (Wildman–Crippen MR) is 80.4 cm³/mol. The Morgan fingerprint density at radius 3 is 2.50 bits per heavy atom. The van der Waals surface area contributed by atoms with Gasteiger partial charge in [0.2, 0.25) is 0 Å². The third kappa shape index (κ3) is 4.90. The number of halogens is 4. The van der Waals surface area contributed by atoms with Crippen molar-refractivity contribution in [3.05, 3.63) is 32.2 Å². The summed E-state index contributed by atoms with van der Waals surface area (Å²) in [5.74, 6) is -0.446. The maximum atomic E-state index is 12.4. The summed E-state index contributed by atoms with van der Waals surface area (Å²) >= 11 is 2.16. The minimum Gasteiger partial charge on any atom is -0.344 e. The lowest BCUT2D eigenvalue weighted by Gasteiger charge is -2.01. The molecule has 0 aliphatic rings. The maximum absolute atomic E-state index is 12.4. The molecular weight excluding hydrogens is 361 g/mol. The number of aromatic nitrogens is 2. The van der Waals surface area contributed by atoms with Crippen LogP contribution in [0.1, 0.15) is 26.2 Å². The fourth-order valence-electron chi connectivity index (χ4n) is 1.42. The minimum absolute atomic E-state index is 0. The molecule has 3 N–H and O–H groups in total. The smallest absolute Gasteiger partial charge is 0.344 e. The Bertz CT molecular complexity index is 629. The third-order valence-electron chi connectivity index (χ3n) is 2.38.